The predicted molar refractivity (Wildman–Crippen MR) is 76.0 cm³/mol. The first-order valence-electron chi connectivity index (χ1n) is 6.40. The van der Waals surface area contributed by atoms with Gasteiger partial charge in [-0.25, -0.2) is 9.78 Å². The maximum absolute atomic E-state index is 11.8. The van der Waals surface area contributed by atoms with Gasteiger partial charge in [-0.3, -0.25) is 0 Å². The van der Waals surface area contributed by atoms with Crippen molar-refractivity contribution in [1.29, 1.82) is 0 Å². The van der Waals surface area contributed by atoms with Crippen LogP contribution in [0.25, 0.3) is 11.4 Å². The Balaban J connectivity index is 2.56. The average molecular weight is 274 g/mol. The Kier molecular flexibility index (Phi) is 4.08. The Bertz CT molecular complexity index is 617. The van der Waals surface area contributed by atoms with Crippen molar-refractivity contribution in [2.45, 2.75) is 19.8 Å². The summed E-state index contributed by atoms with van der Waals surface area (Å²) in [4.78, 5) is 19.4. The van der Waals surface area contributed by atoms with Crippen molar-refractivity contribution in [2.24, 2.45) is 0 Å². The third-order valence-electron chi connectivity index (χ3n) is 3.05. The number of rotatable bonds is 4. The summed E-state index contributed by atoms with van der Waals surface area (Å²) in [5, 5.41) is 0. The second-order valence-electron chi connectivity index (χ2n) is 4.69. The number of H-pyrrole nitrogens is 1. The quantitative estimate of drug-likeness (QED) is 0.870. The number of para-hydroxylation sites is 1. The summed E-state index contributed by atoms with van der Waals surface area (Å²) in [5.74, 6) is 1.01. The highest BCUT2D eigenvalue weighted by atomic mass is 16.5. The van der Waals surface area contributed by atoms with Gasteiger partial charge in [-0.15, -0.1) is 0 Å². The van der Waals surface area contributed by atoms with Crippen molar-refractivity contribution in [1.82, 2.24) is 9.97 Å². The number of carbonyl (C=O) groups is 1. The van der Waals surface area contributed by atoms with Crippen LogP contribution in [0.2, 0.25) is 0 Å². The number of hydrogen-bond donors (Lipinski definition) is 1. The summed E-state index contributed by atoms with van der Waals surface area (Å²) < 4.78 is 10.1. The van der Waals surface area contributed by atoms with Gasteiger partial charge in [0.2, 0.25) is 0 Å². The molecule has 1 aromatic heterocycles. The number of methoxy groups -OCH3 is 2. The molecule has 0 unspecified atom stereocenters. The molecule has 20 heavy (non-hydrogen) atoms. The lowest BCUT2D eigenvalue weighted by Crippen LogP contribution is -2.06. The van der Waals surface area contributed by atoms with Gasteiger partial charge in [-0.1, -0.05) is 26.0 Å². The van der Waals surface area contributed by atoms with E-state index >= 15 is 0 Å². The van der Waals surface area contributed by atoms with Crippen molar-refractivity contribution in [3.8, 4) is 17.1 Å². The van der Waals surface area contributed by atoms with E-state index in [1.165, 1.54) is 7.11 Å². The van der Waals surface area contributed by atoms with E-state index in [-0.39, 0.29) is 5.92 Å². The Labute approximate surface area is 117 Å². The monoisotopic (exact) mass is 274 g/mol. The van der Waals surface area contributed by atoms with Crippen LogP contribution in [0.15, 0.2) is 24.3 Å². The average Bonchev–Trinajstić information content (AvgIpc) is 2.91. The largest absolute Gasteiger partial charge is 0.496 e. The van der Waals surface area contributed by atoms with Crippen molar-refractivity contribution in [2.75, 3.05) is 14.2 Å². The number of ether oxygens (including phenoxy) is 2. The molecule has 0 aliphatic rings. The van der Waals surface area contributed by atoms with E-state index in [4.69, 9.17) is 9.47 Å². The van der Waals surface area contributed by atoms with Crippen LogP contribution in [-0.2, 0) is 4.74 Å². The molecular weight excluding hydrogens is 256 g/mol. The molecule has 0 spiro atoms. The van der Waals surface area contributed by atoms with Gasteiger partial charge < -0.3 is 14.5 Å². The number of benzene rings is 1. The van der Waals surface area contributed by atoms with Gasteiger partial charge in [0.15, 0.2) is 5.69 Å². The lowest BCUT2D eigenvalue weighted by atomic mass is 10.1. The molecule has 0 saturated heterocycles. The van der Waals surface area contributed by atoms with E-state index < -0.39 is 5.97 Å². The Morgan fingerprint density at radius 3 is 2.55 bits per heavy atom. The highest BCUT2D eigenvalue weighted by Crippen LogP contribution is 2.30. The second-order valence-corrected chi connectivity index (χ2v) is 4.69. The minimum absolute atomic E-state index is 0.139. The molecule has 0 aliphatic heterocycles. The highest BCUT2D eigenvalue weighted by molar-refractivity contribution is 5.89. The van der Waals surface area contributed by atoms with Gasteiger partial charge >= 0.3 is 5.97 Å². The molecule has 0 saturated carbocycles. The normalized spacial score (nSPS) is 10.7. The van der Waals surface area contributed by atoms with Crippen LogP contribution in [0.3, 0.4) is 0 Å². The standard InChI is InChI=1S/C15H18N2O3/c1-9(2)12-13(15(18)20-4)17-14(16-12)10-7-5-6-8-11(10)19-3/h5-9H,1-4H3,(H,16,17). The Morgan fingerprint density at radius 1 is 1.25 bits per heavy atom. The van der Waals surface area contributed by atoms with Crippen molar-refractivity contribution in [3.63, 3.8) is 0 Å². The number of nitrogens with one attached hydrogen (secondary N) is 1. The summed E-state index contributed by atoms with van der Waals surface area (Å²) in [5.41, 5.74) is 1.90. The molecule has 0 fully saturated rings. The topological polar surface area (TPSA) is 64.2 Å². The van der Waals surface area contributed by atoms with Gasteiger partial charge in [0.1, 0.15) is 11.6 Å². The Morgan fingerprint density at radius 2 is 1.95 bits per heavy atom. The number of carbonyl (C=O) groups excluding carboxylic acids is 1. The van der Waals surface area contributed by atoms with E-state index in [1.54, 1.807) is 7.11 Å². The van der Waals surface area contributed by atoms with Crippen LogP contribution in [0.5, 0.6) is 5.75 Å². The summed E-state index contributed by atoms with van der Waals surface area (Å²) in [7, 11) is 2.95. The minimum Gasteiger partial charge on any atom is -0.496 e. The first-order chi connectivity index (χ1) is 9.58. The summed E-state index contributed by atoms with van der Waals surface area (Å²) >= 11 is 0. The third-order valence-corrected chi connectivity index (χ3v) is 3.05. The third kappa shape index (κ3) is 2.52. The molecule has 2 aromatic rings. The number of imidazole rings is 1. The number of esters is 1. The van der Waals surface area contributed by atoms with Gasteiger partial charge in [0, 0.05) is 0 Å². The van der Waals surface area contributed by atoms with Crippen LogP contribution in [0.4, 0.5) is 0 Å². The fourth-order valence-electron chi connectivity index (χ4n) is 2.02. The molecule has 5 nitrogen and oxygen atoms in total. The van der Waals surface area contributed by atoms with Crippen LogP contribution in [0.1, 0.15) is 35.9 Å². The molecule has 0 bridgehead atoms. The molecule has 5 heteroatoms. The van der Waals surface area contributed by atoms with Crippen LogP contribution < -0.4 is 4.74 Å². The van der Waals surface area contributed by atoms with Crippen molar-refractivity contribution < 1.29 is 14.3 Å². The molecule has 1 heterocycles. The zero-order valence-electron chi connectivity index (χ0n) is 12.1. The molecule has 0 aliphatic carbocycles. The number of hydrogen-bond acceptors (Lipinski definition) is 4. The first kappa shape index (κ1) is 14.1. The molecular formula is C15H18N2O3. The zero-order valence-corrected chi connectivity index (χ0v) is 12.1. The van der Waals surface area contributed by atoms with Crippen molar-refractivity contribution in [3.05, 3.63) is 35.7 Å². The van der Waals surface area contributed by atoms with Crippen LogP contribution in [0, 0.1) is 0 Å². The van der Waals surface area contributed by atoms with Crippen LogP contribution in [-0.4, -0.2) is 30.2 Å². The molecule has 0 atom stereocenters. The van der Waals surface area contributed by atoms with Crippen molar-refractivity contribution >= 4 is 5.97 Å². The van der Waals surface area contributed by atoms with E-state index in [0.717, 1.165) is 11.3 Å². The predicted octanol–water partition coefficient (Wildman–Crippen LogP) is 3.00. The highest BCUT2D eigenvalue weighted by Gasteiger charge is 2.21. The van der Waals surface area contributed by atoms with Gasteiger partial charge in [-0.2, -0.15) is 0 Å². The summed E-state index contributed by atoms with van der Waals surface area (Å²) in [6, 6.07) is 7.52. The molecule has 0 amide bonds. The van der Waals surface area contributed by atoms with Gasteiger partial charge in [0.05, 0.1) is 25.5 Å². The maximum Gasteiger partial charge on any atom is 0.358 e. The lowest BCUT2D eigenvalue weighted by molar-refractivity contribution is 0.0593. The molecule has 1 aromatic carbocycles. The maximum atomic E-state index is 11.8. The molecule has 2 rings (SSSR count). The number of nitrogens with zero attached hydrogens (tertiary/aromatic N) is 1. The Hall–Kier alpha value is -2.30. The first-order valence-corrected chi connectivity index (χ1v) is 6.40. The summed E-state index contributed by atoms with van der Waals surface area (Å²) in [6.45, 7) is 3.98. The fraction of sp³-hybridized carbons (Fsp3) is 0.333. The number of aromatic amines is 1. The van der Waals surface area contributed by atoms with Crippen LogP contribution >= 0.6 is 0 Å². The SMILES string of the molecule is COC(=O)c1nc(-c2ccccc2OC)[nH]c1C(C)C. The van der Waals surface area contributed by atoms with Gasteiger partial charge in [0.25, 0.3) is 0 Å². The zero-order chi connectivity index (χ0) is 14.7. The molecule has 1 N–H and O–H groups in total. The van der Waals surface area contributed by atoms with E-state index in [2.05, 4.69) is 9.97 Å². The smallest absolute Gasteiger partial charge is 0.358 e. The fourth-order valence-corrected chi connectivity index (χ4v) is 2.02. The summed E-state index contributed by atoms with van der Waals surface area (Å²) in [6.07, 6.45) is 0. The lowest BCUT2D eigenvalue weighted by Gasteiger charge is -2.05. The minimum atomic E-state index is -0.439. The number of aromatic nitrogens is 2. The van der Waals surface area contributed by atoms with E-state index in [1.807, 2.05) is 38.1 Å². The van der Waals surface area contributed by atoms with Gasteiger partial charge in [-0.05, 0) is 18.1 Å². The van der Waals surface area contributed by atoms with E-state index in [9.17, 15) is 4.79 Å². The van der Waals surface area contributed by atoms with E-state index in [0.29, 0.717) is 17.3 Å². The second kappa shape index (κ2) is 5.77. The molecule has 106 valence electrons. The molecule has 0 radical (unpaired) electrons.